The lowest BCUT2D eigenvalue weighted by molar-refractivity contribution is 0.0684. The van der Waals surface area contributed by atoms with Crippen LogP contribution in [-0.4, -0.2) is 36.5 Å². The summed E-state index contributed by atoms with van der Waals surface area (Å²) < 4.78 is 12.4. The third kappa shape index (κ3) is 5.30. The van der Waals surface area contributed by atoms with Gasteiger partial charge in [0.05, 0.1) is 25.2 Å². The van der Waals surface area contributed by atoms with Crippen LogP contribution in [0.1, 0.15) is 31.5 Å². The summed E-state index contributed by atoms with van der Waals surface area (Å²) in [5.41, 5.74) is 6.93. The highest BCUT2D eigenvalue weighted by Crippen LogP contribution is 2.09. The number of hydrogen-bond acceptors (Lipinski definition) is 4. The molecule has 0 unspecified atom stereocenters. The van der Waals surface area contributed by atoms with Crippen molar-refractivity contribution >= 4 is 0 Å². The van der Waals surface area contributed by atoms with Crippen LogP contribution >= 0.6 is 0 Å². The molecule has 0 amide bonds. The summed E-state index contributed by atoms with van der Waals surface area (Å²) in [6.07, 6.45) is 5.79. The second-order valence-corrected chi connectivity index (χ2v) is 4.11. The standard InChI is InChI=1S/C12H23N3O2/c1-11(13)12-9-14-10-15(12)5-3-4-6-17-8-7-16-2/h9-11H,3-8,13H2,1-2H3/t11-/m0/s1. The molecule has 0 fully saturated rings. The van der Waals surface area contributed by atoms with E-state index < -0.39 is 0 Å². The maximum atomic E-state index is 5.84. The van der Waals surface area contributed by atoms with Crippen LogP contribution in [0.2, 0.25) is 0 Å². The van der Waals surface area contributed by atoms with E-state index in [1.807, 2.05) is 19.4 Å². The van der Waals surface area contributed by atoms with Crippen molar-refractivity contribution in [3.8, 4) is 0 Å². The molecule has 0 aliphatic rings. The van der Waals surface area contributed by atoms with Crippen LogP contribution < -0.4 is 5.73 Å². The Morgan fingerprint density at radius 1 is 1.35 bits per heavy atom. The van der Waals surface area contributed by atoms with Crippen molar-refractivity contribution in [2.45, 2.75) is 32.4 Å². The molecule has 1 atom stereocenters. The van der Waals surface area contributed by atoms with E-state index in [1.54, 1.807) is 7.11 Å². The van der Waals surface area contributed by atoms with E-state index in [0.29, 0.717) is 13.2 Å². The van der Waals surface area contributed by atoms with Crippen LogP contribution in [0.3, 0.4) is 0 Å². The molecule has 5 nitrogen and oxygen atoms in total. The molecule has 0 bridgehead atoms. The molecule has 0 saturated carbocycles. The number of methoxy groups -OCH3 is 1. The van der Waals surface area contributed by atoms with Crippen molar-refractivity contribution in [2.24, 2.45) is 5.73 Å². The predicted molar refractivity (Wildman–Crippen MR) is 66.8 cm³/mol. The summed E-state index contributed by atoms with van der Waals surface area (Å²) in [7, 11) is 1.68. The maximum Gasteiger partial charge on any atom is 0.0948 e. The molecule has 2 N–H and O–H groups in total. The number of nitrogens with two attached hydrogens (primary N) is 1. The summed E-state index contributed by atoms with van der Waals surface area (Å²) >= 11 is 0. The minimum absolute atomic E-state index is 0.0375. The third-order valence-corrected chi connectivity index (χ3v) is 2.58. The van der Waals surface area contributed by atoms with Crippen molar-refractivity contribution in [3.63, 3.8) is 0 Å². The Hall–Kier alpha value is -0.910. The molecule has 0 saturated heterocycles. The lowest BCUT2D eigenvalue weighted by Gasteiger charge is -2.10. The van der Waals surface area contributed by atoms with Crippen LogP contribution in [0.4, 0.5) is 0 Å². The Morgan fingerprint density at radius 3 is 2.88 bits per heavy atom. The number of imidazole rings is 1. The number of unbranched alkanes of at least 4 members (excludes halogenated alkanes) is 1. The third-order valence-electron chi connectivity index (χ3n) is 2.58. The summed E-state index contributed by atoms with van der Waals surface area (Å²) in [6, 6.07) is 0.0375. The van der Waals surface area contributed by atoms with Crippen LogP contribution in [0.15, 0.2) is 12.5 Å². The van der Waals surface area contributed by atoms with Crippen LogP contribution in [-0.2, 0) is 16.0 Å². The van der Waals surface area contributed by atoms with E-state index >= 15 is 0 Å². The number of aryl methyl sites for hydroxylation is 1. The molecule has 17 heavy (non-hydrogen) atoms. The van der Waals surface area contributed by atoms with E-state index in [4.69, 9.17) is 15.2 Å². The summed E-state index contributed by atoms with van der Waals surface area (Å²) in [5, 5.41) is 0. The first kappa shape index (κ1) is 14.2. The second kappa shape index (κ2) is 8.22. The molecule has 0 aliphatic heterocycles. The van der Waals surface area contributed by atoms with Crippen molar-refractivity contribution in [1.29, 1.82) is 0 Å². The molecule has 0 aliphatic carbocycles. The molecule has 1 heterocycles. The quantitative estimate of drug-likeness (QED) is 0.663. The summed E-state index contributed by atoms with van der Waals surface area (Å²) in [4.78, 5) is 4.12. The molecule has 0 aromatic carbocycles. The Labute approximate surface area is 103 Å². The minimum atomic E-state index is 0.0375. The molecule has 0 spiro atoms. The molecular weight excluding hydrogens is 218 g/mol. The Bertz CT molecular complexity index is 300. The van der Waals surface area contributed by atoms with Gasteiger partial charge in [-0.3, -0.25) is 0 Å². The molecule has 98 valence electrons. The fourth-order valence-electron chi connectivity index (χ4n) is 1.63. The average Bonchev–Trinajstić information content (AvgIpc) is 2.76. The highest BCUT2D eigenvalue weighted by Gasteiger charge is 2.05. The van der Waals surface area contributed by atoms with Crippen LogP contribution in [0, 0.1) is 0 Å². The van der Waals surface area contributed by atoms with Gasteiger partial charge in [0.2, 0.25) is 0 Å². The summed E-state index contributed by atoms with van der Waals surface area (Å²) in [6.45, 7) is 5.04. The van der Waals surface area contributed by atoms with E-state index in [0.717, 1.165) is 31.7 Å². The van der Waals surface area contributed by atoms with E-state index in [2.05, 4.69) is 9.55 Å². The number of nitrogens with zero attached hydrogens (tertiary/aromatic N) is 2. The normalized spacial score (nSPS) is 12.9. The zero-order valence-electron chi connectivity index (χ0n) is 10.8. The van der Waals surface area contributed by atoms with E-state index in [-0.39, 0.29) is 6.04 Å². The van der Waals surface area contributed by atoms with Gasteiger partial charge in [0.15, 0.2) is 0 Å². The fourth-order valence-corrected chi connectivity index (χ4v) is 1.63. The Kier molecular flexibility index (Phi) is 6.84. The highest BCUT2D eigenvalue weighted by atomic mass is 16.5. The van der Waals surface area contributed by atoms with Crippen LogP contribution in [0.25, 0.3) is 0 Å². The molecule has 1 aromatic heterocycles. The lowest BCUT2D eigenvalue weighted by Crippen LogP contribution is -2.12. The zero-order chi connectivity index (χ0) is 12.5. The van der Waals surface area contributed by atoms with Gasteiger partial charge in [-0.05, 0) is 19.8 Å². The van der Waals surface area contributed by atoms with E-state index in [9.17, 15) is 0 Å². The fraction of sp³-hybridized carbons (Fsp3) is 0.750. The largest absolute Gasteiger partial charge is 0.382 e. The number of ether oxygens (including phenoxy) is 2. The molecule has 5 heteroatoms. The van der Waals surface area contributed by atoms with Gasteiger partial charge in [0.1, 0.15) is 0 Å². The first-order chi connectivity index (χ1) is 8.25. The monoisotopic (exact) mass is 241 g/mol. The first-order valence-corrected chi connectivity index (χ1v) is 6.08. The lowest BCUT2D eigenvalue weighted by atomic mass is 10.2. The average molecular weight is 241 g/mol. The van der Waals surface area contributed by atoms with Gasteiger partial charge in [0, 0.05) is 32.5 Å². The van der Waals surface area contributed by atoms with Gasteiger partial charge in [0.25, 0.3) is 0 Å². The molecule has 0 radical (unpaired) electrons. The molecular formula is C12H23N3O2. The van der Waals surface area contributed by atoms with Gasteiger partial charge < -0.3 is 19.8 Å². The van der Waals surface area contributed by atoms with Gasteiger partial charge in [-0.2, -0.15) is 0 Å². The second-order valence-electron chi connectivity index (χ2n) is 4.11. The van der Waals surface area contributed by atoms with Gasteiger partial charge in [-0.15, -0.1) is 0 Å². The Balaban J connectivity index is 2.11. The number of aromatic nitrogens is 2. The van der Waals surface area contributed by atoms with Crippen molar-refractivity contribution < 1.29 is 9.47 Å². The number of hydrogen-bond donors (Lipinski definition) is 1. The van der Waals surface area contributed by atoms with Crippen molar-refractivity contribution in [1.82, 2.24) is 9.55 Å². The van der Waals surface area contributed by atoms with Crippen LogP contribution in [0.5, 0.6) is 0 Å². The van der Waals surface area contributed by atoms with Crippen molar-refractivity contribution in [2.75, 3.05) is 26.9 Å². The van der Waals surface area contributed by atoms with Gasteiger partial charge >= 0.3 is 0 Å². The smallest absolute Gasteiger partial charge is 0.0948 e. The predicted octanol–water partition coefficient (Wildman–Crippen LogP) is 1.35. The van der Waals surface area contributed by atoms with Gasteiger partial charge in [-0.1, -0.05) is 0 Å². The highest BCUT2D eigenvalue weighted by molar-refractivity contribution is 5.02. The van der Waals surface area contributed by atoms with Gasteiger partial charge in [-0.25, -0.2) is 4.98 Å². The maximum absolute atomic E-state index is 5.84. The first-order valence-electron chi connectivity index (χ1n) is 6.08. The zero-order valence-corrected chi connectivity index (χ0v) is 10.8. The Morgan fingerprint density at radius 2 is 2.18 bits per heavy atom. The molecule has 1 aromatic rings. The minimum Gasteiger partial charge on any atom is -0.382 e. The van der Waals surface area contributed by atoms with Crippen molar-refractivity contribution in [3.05, 3.63) is 18.2 Å². The summed E-state index contributed by atoms with van der Waals surface area (Å²) in [5.74, 6) is 0. The molecule has 1 rings (SSSR count). The SMILES string of the molecule is COCCOCCCCn1cncc1[C@H](C)N. The topological polar surface area (TPSA) is 62.3 Å². The number of rotatable bonds is 9. The van der Waals surface area contributed by atoms with E-state index in [1.165, 1.54) is 0 Å².